The minimum Gasteiger partial charge on any atom is -0.439 e. The number of ether oxygens (including phenoxy) is 1. The molecule has 3 heteroatoms. The van der Waals surface area contributed by atoms with Gasteiger partial charge in [-0.1, -0.05) is 6.07 Å². The van der Waals surface area contributed by atoms with Crippen LogP contribution >= 0.6 is 15.9 Å². The van der Waals surface area contributed by atoms with Gasteiger partial charge in [-0.25, -0.2) is 4.98 Å². The van der Waals surface area contributed by atoms with Crippen LogP contribution in [0.2, 0.25) is 0 Å². The molecular weight excluding hydrogens is 290 g/mol. The van der Waals surface area contributed by atoms with Crippen LogP contribution in [-0.2, 0) is 12.8 Å². The first kappa shape index (κ1) is 11.7. The molecule has 0 bridgehead atoms. The highest BCUT2D eigenvalue weighted by Crippen LogP contribution is 2.29. The minimum atomic E-state index is 0.677. The van der Waals surface area contributed by atoms with Gasteiger partial charge in [0.25, 0.3) is 0 Å². The highest BCUT2D eigenvalue weighted by atomic mass is 79.9. The lowest BCUT2D eigenvalue weighted by atomic mass is 10.1. The van der Waals surface area contributed by atoms with Crippen LogP contribution in [-0.4, -0.2) is 4.98 Å². The Balaban J connectivity index is 1.88. The normalized spacial score (nSPS) is 13.4. The van der Waals surface area contributed by atoms with E-state index in [-0.39, 0.29) is 0 Å². The van der Waals surface area contributed by atoms with E-state index in [1.165, 1.54) is 30.4 Å². The molecule has 0 fully saturated rings. The van der Waals surface area contributed by atoms with Crippen LogP contribution in [0.3, 0.4) is 0 Å². The first-order valence-corrected chi connectivity index (χ1v) is 6.93. The molecule has 2 aromatic rings. The first-order chi connectivity index (χ1) is 8.72. The summed E-state index contributed by atoms with van der Waals surface area (Å²) in [6.45, 7) is 2.00. The average Bonchev–Trinajstić information content (AvgIpc) is 2.80. The van der Waals surface area contributed by atoms with Gasteiger partial charge in [0.1, 0.15) is 5.75 Å². The summed E-state index contributed by atoms with van der Waals surface area (Å²) in [7, 11) is 0. The third-order valence-corrected chi connectivity index (χ3v) is 3.72. The molecular formula is C15H14BrNO. The number of pyridine rings is 1. The fourth-order valence-electron chi connectivity index (χ4n) is 2.36. The van der Waals surface area contributed by atoms with Gasteiger partial charge in [-0.3, -0.25) is 0 Å². The van der Waals surface area contributed by atoms with E-state index < -0.39 is 0 Å². The maximum absolute atomic E-state index is 5.86. The predicted octanol–water partition coefficient (Wildman–Crippen LogP) is 4.43. The van der Waals surface area contributed by atoms with Crippen LogP contribution in [0.1, 0.15) is 23.1 Å². The predicted molar refractivity (Wildman–Crippen MR) is 75.2 cm³/mol. The maximum atomic E-state index is 5.86. The standard InChI is InChI=1S/C15H14BrNO/c1-10-7-13(16)9-17-15(10)18-14-6-5-11-3-2-4-12(11)8-14/h5-9H,2-4H2,1H3. The zero-order chi connectivity index (χ0) is 12.5. The van der Waals surface area contributed by atoms with Gasteiger partial charge in [-0.15, -0.1) is 0 Å². The third-order valence-electron chi connectivity index (χ3n) is 3.28. The Hall–Kier alpha value is -1.35. The quantitative estimate of drug-likeness (QED) is 0.818. The van der Waals surface area contributed by atoms with E-state index in [9.17, 15) is 0 Å². The number of fused-ring (bicyclic) bond motifs is 1. The molecule has 0 unspecified atom stereocenters. The van der Waals surface area contributed by atoms with E-state index in [0.29, 0.717) is 5.88 Å². The van der Waals surface area contributed by atoms with Crippen molar-refractivity contribution in [3.8, 4) is 11.6 Å². The third kappa shape index (κ3) is 2.27. The van der Waals surface area contributed by atoms with E-state index in [2.05, 4.69) is 33.0 Å². The highest BCUT2D eigenvalue weighted by molar-refractivity contribution is 9.10. The Morgan fingerprint density at radius 1 is 1.17 bits per heavy atom. The van der Waals surface area contributed by atoms with Gasteiger partial charge in [-0.05, 0) is 71.4 Å². The average molecular weight is 304 g/mol. The molecule has 0 saturated heterocycles. The van der Waals surface area contributed by atoms with Gasteiger partial charge >= 0.3 is 0 Å². The van der Waals surface area contributed by atoms with Crippen LogP contribution < -0.4 is 4.74 Å². The molecule has 0 amide bonds. The number of rotatable bonds is 2. The molecule has 0 saturated carbocycles. The number of hydrogen-bond donors (Lipinski definition) is 0. The molecule has 3 rings (SSSR count). The Morgan fingerprint density at radius 2 is 2.00 bits per heavy atom. The van der Waals surface area contributed by atoms with Gasteiger partial charge in [0.2, 0.25) is 5.88 Å². The van der Waals surface area contributed by atoms with Crippen LogP contribution in [0, 0.1) is 6.92 Å². The highest BCUT2D eigenvalue weighted by Gasteiger charge is 2.12. The van der Waals surface area contributed by atoms with Crippen molar-refractivity contribution in [2.45, 2.75) is 26.2 Å². The molecule has 92 valence electrons. The summed E-state index contributed by atoms with van der Waals surface area (Å²) in [5.74, 6) is 1.56. The molecule has 1 aliphatic rings. The van der Waals surface area contributed by atoms with Crippen molar-refractivity contribution in [3.05, 3.63) is 51.6 Å². The summed E-state index contributed by atoms with van der Waals surface area (Å²) in [5.41, 5.74) is 3.91. The largest absolute Gasteiger partial charge is 0.439 e. The van der Waals surface area contributed by atoms with Crippen molar-refractivity contribution in [3.63, 3.8) is 0 Å². The van der Waals surface area contributed by atoms with E-state index in [4.69, 9.17) is 4.74 Å². The fourth-order valence-corrected chi connectivity index (χ4v) is 2.80. The number of hydrogen-bond acceptors (Lipinski definition) is 2. The first-order valence-electron chi connectivity index (χ1n) is 6.14. The second-order valence-corrected chi connectivity index (χ2v) is 5.58. The summed E-state index contributed by atoms with van der Waals surface area (Å²) >= 11 is 3.40. The second-order valence-electron chi connectivity index (χ2n) is 4.66. The molecule has 1 aromatic heterocycles. The zero-order valence-electron chi connectivity index (χ0n) is 10.2. The van der Waals surface area contributed by atoms with Crippen LogP contribution in [0.25, 0.3) is 0 Å². The maximum Gasteiger partial charge on any atom is 0.222 e. The van der Waals surface area contributed by atoms with Gasteiger partial charge in [0.05, 0.1) is 0 Å². The lowest BCUT2D eigenvalue weighted by Gasteiger charge is -2.09. The molecule has 1 aliphatic carbocycles. The van der Waals surface area contributed by atoms with E-state index in [1.807, 2.05) is 19.1 Å². The Bertz CT molecular complexity index is 595. The molecule has 0 spiro atoms. The van der Waals surface area contributed by atoms with Crippen molar-refractivity contribution in [2.75, 3.05) is 0 Å². The van der Waals surface area contributed by atoms with Crippen molar-refractivity contribution in [1.82, 2.24) is 4.98 Å². The minimum absolute atomic E-state index is 0.677. The van der Waals surface area contributed by atoms with Crippen molar-refractivity contribution >= 4 is 15.9 Å². The molecule has 1 aromatic carbocycles. The summed E-state index contributed by atoms with van der Waals surface area (Å²) in [6, 6.07) is 8.36. The number of halogens is 1. The van der Waals surface area contributed by atoms with Gasteiger partial charge < -0.3 is 4.74 Å². The number of aromatic nitrogens is 1. The second kappa shape index (κ2) is 4.73. The molecule has 2 nitrogen and oxygen atoms in total. The summed E-state index contributed by atoms with van der Waals surface area (Å²) in [6.07, 6.45) is 5.38. The van der Waals surface area contributed by atoms with E-state index in [1.54, 1.807) is 6.20 Å². The van der Waals surface area contributed by atoms with Gasteiger partial charge in [-0.2, -0.15) is 0 Å². The van der Waals surface area contributed by atoms with Crippen molar-refractivity contribution in [2.24, 2.45) is 0 Å². The Morgan fingerprint density at radius 3 is 2.83 bits per heavy atom. The van der Waals surface area contributed by atoms with Crippen LogP contribution in [0.15, 0.2) is 34.9 Å². The fraction of sp³-hybridized carbons (Fsp3) is 0.267. The zero-order valence-corrected chi connectivity index (χ0v) is 11.8. The molecule has 18 heavy (non-hydrogen) atoms. The molecule has 0 radical (unpaired) electrons. The smallest absolute Gasteiger partial charge is 0.222 e. The summed E-state index contributed by atoms with van der Waals surface area (Å²) in [5, 5.41) is 0. The lowest BCUT2D eigenvalue weighted by molar-refractivity contribution is 0.458. The van der Waals surface area contributed by atoms with Gasteiger partial charge in [0, 0.05) is 16.2 Å². The lowest BCUT2D eigenvalue weighted by Crippen LogP contribution is -1.92. The SMILES string of the molecule is Cc1cc(Br)cnc1Oc1ccc2c(c1)CCC2. The summed E-state index contributed by atoms with van der Waals surface area (Å²) in [4.78, 5) is 4.30. The monoisotopic (exact) mass is 303 g/mol. The van der Waals surface area contributed by atoms with Crippen LogP contribution in [0.4, 0.5) is 0 Å². The number of benzene rings is 1. The van der Waals surface area contributed by atoms with Gasteiger partial charge in [0.15, 0.2) is 0 Å². The molecule has 0 atom stereocenters. The number of aryl methyl sites for hydroxylation is 3. The van der Waals surface area contributed by atoms with E-state index in [0.717, 1.165) is 15.8 Å². The topological polar surface area (TPSA) is 22.1 Å². The van der Waals surface area contributed by atoms with Crippen molar-refractivity contribution < 1.29 is 4.74 Å². The van der Waals surface area contributed by atoms with Crippen LogP contribution in [0.5, 0.6) is 11.6 Å². The number of nitrogens with zero attached hydrogens (tertiary/aromatic N) is 1. The van der Waals surface area contributed by atoms with Crippen molar-refractivity contribution in [1.29, 1.82) is 0 Å². The Kier molecular flexibility index (Phi) is 3.08. The van der Waals surface area contributed by atoms with E-state index >= 15 is 0 Å². The molecule has 0 aliphatic heterocycles. The molecule has 0 N–H and O–H groups in total. The summed E-state index contributed by atoms with van der Waals surface area (Å²) < 4.78 is 6.83. The molecule has 1 heterocycles. The Labute approximate surface area is 115 Å².